The third-order valence-electron chi connectivity index (χ3n) is 4.79. The average Bonchev–Trinajstić information content (AvgIpc) is 2.84. The molecule has 0 saturated carbocycles. The second kappa shape index (κ2) is 11.1. The summed E-state index contributed by atoms with van der Waals surface area (Å²) in [6.45, 7) is 2.03. The van der Waals surface area contributed by atoms with Crippen LogP contribution in [0.3, 0.4) is 0 Å². The van der Waals surface area contributed by atoms with Gasteiger partial charge >= 0.3 is 5.97 Å². The Morgan fingerprint density at radius 2 is 1.52 bits per heavy atom. The number of esters is 1. The Morgan fingerprint density at radius 3 is 2.09 bits per heavy atom. The van der Waals surface area contributed by atoms with E-state index in [-0.39, 0.29) is 12.3 Å². The third-order valence-corrected chi connectivity index (χ3v) is 4.79. The lowest BCUT2D eigenvalue weighted by Gasteiger charge is -2.25. The minimum atomic E-state index is -0.439. The zero-order chi connectivity index (χ0) is 23.6. The molecule has 3 aromatic rings. The number of anilines is 2. The summed E-state index contributed by atoms with van der Waals surface area (Å²) in [4.78, 5) is 26.5. The number of benzene rings is 3. The van der Waals surface area contributed by atoms with Crippen molar-refractivity contribution in [1.29, 1.82) is 10.5 Å². The summed E-state index contributed by atoms with van der Waals surface area (Å²) >= 11 is 0. The SMILES string of the molecule is CCOC(=O)/C=C/c1cccc(CC(=O)N(c2ccccc2C#N)c2ccccc2C#N)c1. The van der Waals surface area contributed by atoms with E-state index in [4.69, 9.17) is 4.74 Å². The summed E-state index contributed by atoms with van der Waals surface area (Å²) in [6, 6.07) is 25.0. The molecule has 0 bridgehead atoms. The molecule has 33 heavy (non-hydrogen) atoms. The molecule has 0 radical (unpaired) electrons. The third kappa shape index (κ3) is 5.72. The van der Waals surface area contributed by atoms with Crippen LogP contribution < -0.4 is 4.90 Å². The molecule has 0 saturated heterocycles. The Labute approximate surface area is 192 Å². The Kier molecular flexibility index (Phi) is 7.72. The van der Waals surface area contributed by atoms with Crippen molar-refractivity contribution >= 4 is 29.3 Å². The van der Waals surface area contributed by atoms with Crippen LogP contribution in [0.1, 0.15) is 29.2 Å². The summed E-state index contributed by atoms with van der Waals surface area (Å²) in [5.41, 5.74) is 2.93. The van der Waals surface area contributed by atoms with Gasteiger partial charge in [-0.15, -0.1) is 0 Å². The molecular formula is C27H21N3O3. The Bertz CT molecular complexity index is 1220. The highest BCUT2D eigenvalue weighted by Crippen LogP contribution is 2.31. The van der Waals surface area contributed by atoms with Crippen LogP contribution in [0.4, 0.5) is 11.4 Å². The van der Waals surface area contributed by atoms with Gasteiger partial charge in [0.15, 0.2) is 0 Å². The van der Waals surface area contributed by atoms with Crippen molar-refractivity contribution in [3.05, 3.63) is 101 Å². The quantitative estimate of drug-likeness (QED) is 0.388. The maximum absolute atomic E-state index is 13.5. The topological polar surface area (TPSA) is 94.2 Å². The van der Waals surface area contributed by atoms with Gasteiger partial charge in [0.25, 0.3) is 0 Å². The van der Waals surface area contributed by atoms with Gasteiger partial charge in [-0.05, 0) is 48.4 Å². The van der Waals surface area contributed by atoms with Gasteiger partial charge in [-0.3, -0.25) is 9.69 Å². The molecule has 6 nitrogen and oxygen atoms in total. The summed E-state index contributed by atoms with van der Waals surface area (Å²) < 4.78 is 4.89. The summed E-state index contributed by atoms with van der Waals surface area (Å²) in [7, 11) is 0. The predicted molar refractivity (Wildman–Crippen MR) is 125 cm³/mol. The summed E-state index contributed by atoms with van der Waals surface area (Å²) in [6.07, 6.45) is 2.99. The van der Waals surface area contributed by atoms with Crippen LogP contribution in [-0.4, -0.2) is 18.5 Å². The molecule has 3 aromatic carbocycles. The lowest BCUT2D eigenvalue weighted by atomic mass is 10.0. The molecule has 3 rings (SSSR count). The van der Waals surface area contributed by atoms with Crippen molar-refractivity contribution in [3.8, 4) is 12.1 Å². The first-order valence-electron chi connectivity index (χ1n) is 10.3. The van der Waals surface area contributed by atoms with Crippen molar-refractivity contribution in [2.45, 2.75) is 13.3 Å². The zero-order valence-electron chi connectivity index (χ0n) is 18.1. The molecular weight excluding hydrogens is 414 g/mol. The Hall–Kier alpha value is -4.68. The molecule has 0 spiro atoms. The number of nitriles is 2. The van der Waals surface area contributed by atoms with E-state index < -0.39 is 5.97 Å². The maximum atomic E-state index is 13.5. The molecule has 0 N–H and O–H groups in total. The standard InChI is InChI=1S/C27H21N3O3/c1-2-33-27(32)15-14-20-8-7-9-21(16-20)17-26(31)30(24-12-5-3-10-22(24)18-28)25-13-6-4-11-23(25)19-29/h3-16H,2,17H2,1H3/b15-14+. The first-order valence-corrected chi connectivity index (χ1v) is 10.3. The Balaban J connectivity index is 1.97. The monoisotopic (exact) mass is 435 g/mol. The number of hydrogen-bond acceptors (Lipinski definition) is 5. The molecule has 6 heteroatoms. The van der Waals surface area contributed by atoms with Gasteiger partial charge in [0.1, 0.15) is 12.1 Å². The number of ether oxygens (including phenoxy) is 1. The number of amides is 1. The van der Waals surface area contributed by atoms with E-state index >= 15 is 0 Å². The van der Waals surface area contributed by atoms with Crippen molar-refractivity contribution in [2.75, 3.05) is 11.5 Å². The zero-order valence-corrected chi connectivity index (χ0v) is 18.1. The van der Waals surface area contributed by atoms with E-state index in [1.807, 2.05) is 12.1 Å². The van der Waals surface area contributed by atoms with Gasteiger partial charge in [0.2, 0.25) is 5.91 Å². The highest BCUT2D eigenvalue weighted by atomic mass is 16.5. The molecule has 0 unspecified atom stereocenters. The van der Waals surface area contributed by atoms with Crippen LogP contribution in [0, 0.1) is 22.7 Å². The van der Waals surface area contributed by atoms with Gasteiger partial charge < -0.3 is 4.74 Å². The number of para-hydroxylation sites is 2. The predicted octanol–water partition coefficient (Wildman–Crippen LogP) is 4.91. The fraction of sp³-hybridized carbons (Fsp3) is 0.111. The number of nitrogens with zero attached hydrogens (tertiary/aromatic N) is 3. The fourth-order valence-corrected chi connectivity index (χ4v) is 3.34. The minimum Gasteiger partial charge on any atom is -0.463 e. The normalized spacial score (nSPS) is 10.3. The first kappa shape index (κ1) is 23.0. The second-order valence-electron chi connectivity index (χ2n) is 6.99. The highest BCUT2D eigenvalue weighted by Gasteiger charge is 2.23. The molecule has 0 aromatic heterocycles. The lowest BCUT2D eigenvalue weighted by Crippen LogP contribution is -2.29. The van der Waals surface area contributed by atoms with Crippen molar-refractivity contribution < 1.29 is 14.3 Å². The van der Waals surface area contributed by atoms with E-state index in [0.29, 0.717) is 29.1 Å². The van der Waals surface area contributed by atoms with Crippen LogP contribution in [0.15, 0.2) is 78.9 Å². The van der Waals surface area contributed by atoms with Gasteiger partial charge in [0.05, 0.1) is 35.5 Å². The number of carbonyl (C=O) groups is 2. The van der Waals surface area contributed by atoms with Crippen LogP contribution in [-0.2, 0) is 20.7 Å². The first-order chi connectivity index (χ1) is 16.1. The summed E-state index contributed by atoms with van der Waals surface area (Å²) in [5.74, 6) is -0.738. The number of carbonyl (C=O) groups excluding carboxylic acids is 2. The van der Waals surface area contributed by atoms with Crippen LogP contribution in [0.25, 0.3) is 6.08 Å². The molecule has 0 atom stereocenters. The van der Waals surface area contributed by atoms with E-state index in [2.05, 4.69) is 12.1 Å². The largest absolute Gasteiger partial charge is 0.463 e. The number of hydrogen-bond donors (Lipinski definition) is 0. The molecule has 0 aliphatic heterocycles. The average molecular weight is 435 g/mol. The highest BCUT2D eigenvalue weighted by molar-refractivity contribution is 6.03. The van der Waals surface area contributed by atoms with E-state index in [1.54, 1.807) is 73.7 Å². The second-order valence-corrected chi connectivity index (χ2v) is 6.99. The molecule has 162 valence electrons. The number of rotatable bonds is 7. The van der Waals surface area contributed by atoms with Crippen LogP contribution in [0.2, 0.25) is 0 Å². The smallest absolute Gasteiger partial charge is 0.330 e. The molecule has 0 aliphatic carbocycles. The van der Waals surface area contributed by atoms with Gasteiger partial charge in [0, 0.05) is 6.08 Å². The maximum Gasteiger partial charge on any atom is 0.330 e. The van der Waals surface area contributed by atoms with E-state index in [0.717, 1.165) is 11.1 Å². The molecule has 0 aliphatic rings. The van der Waals surface area contributed by atoms with Crippen molar-refractivity contribution in [1.82, 2.24) is 0 Å². The van der Waals surface area contributed by atoms with E-state index in [9.17, 15) is 20.1 Å². The fourth-order valence-electron chi connectivity index (χ4n) is 3.34. The van der Waals surface area contributed by atoms with Gasteiger partial charge in [-0.25, -0.2) is 4.79 Å². The van der Waals surface area contributed by atoms with Gasteiger partial charge in [-0.1, -0.05) is 48.5 Å². The molecule has 0 heterocycles. The lowest BCUT2D eigenvalue weighted by molar-refractivity contribution is -0.137. The van der Waals surface area contributed by atoms with E-state index in [1.165, 1.54) is 11.0 Å². The van der Waals surface area contributed by atoms with Crippen molar-refractivity contribution in [2.24, 2.45) is 0 Å². The molecule has 0 fully saturated rings. The van der Waals surface area contributed by atoms with Gasteiger partial charge in [-0.2, -0.15) is 10.5 Å². The van der Waals surface area contributed by atoms with Crippen molar-refractivity contribution in [3.63, 3.8) is 0 Å². The molecule has 1 amide bonds. The van der Waals surface area contributed by atoms with Crippen LogP contribution >= 0.6 is 0 Å². The van der Waals surface area contributed by atoms with Crippen LogP contribution in [0.5, 0.6) is 0 Å². The minimum absolute atomic E-state index is 0.0284. The Morgan fingerprint density at radius 1 is 0.909 bits per heavy atom. The summed E-state index contributed by atoms with van der Waals surface area (Å²) in [5, 5.41) is 19.2.